The number of carbonyl (C=O) groups excluding carboxylic acids is 1. The Morgan fingerprint density at radius 2 is 1.63 bits per heavy atom. The number of aliphatic hydroxyl groups excluding tert-OH is 1. The summed E-state index contributed by atoms with van der Waals surface area (Å²) in [6, 6.07) is 21.2. The average molecular weight is 407 g/mol. The van der Waals surface area contributed by atoms with E-state index in [1.807, 2.05) is 80.6 Å². The molecule has 0 aliphatic rings. The van der Waals surface area contributed by atoms with Gasteiger partial charge in [0.25, 0.3) is 0 Å². The number of rotatable bonds is 9. The van der Waals surface area contributed by atoms with Gasteiger partial charge in [0.05, 0.1) is 19.3 Å². The van der Waals surface area contributed by atoms with Gasteiger partial charge < -0.3 is 14.7 Å². The molecule has 2 aromatic rings. The lowest BCUT2D eigenvalue weighted by atomic mass is 9.84. The molecule has 0 fully saturated rings. The van der Waals surface area contributed by atoms with Crippen LogP contribution >= 0.6 is 0 Å². The summed E-state index contributed by atoms with van der Waals surface area (Å²) in [6.07, 6.45) is 1.39. The highest BCUT2D eigenvalue weighted by Crippen LogP contribution is 2.31. The van der Waals surface area contributed by atoms with Crippen molar-refractivity contribution in [3.63, 3.8) is 0 Å². The molecule has 0 aliphatic carbocycles. The monoisotopic (exact) mass is 406 g/mol. The van der Waals surface area contributed by atoms with Gasteiger partial charge in [-0.2, -0.15) is 5.26 Å². The number of nitrogens with zero attached hydrogens (tertiary/aromatic N) is 2. The second kappa shape index (κ2) is 11.2. The smallest absolute Gasteiger partial charge is 0.305 e. The lowest BCUT2D eigenvalue weighted by Crippen LogP contribution is -2.34. The molecule has 0 aromatic heterocycles. The second-order valence-corrected chi connectivity index (χ2v) is 7.56. The minimum absolute atomic E-state index is 0.0639. The zero-order valence-corrected chi connectivity index (χ0v) is 18.0. The van der Waals surface area contributed by atoms with Gasteiger partial charge in [0.2, 0.25) is 0 Å². The topological polar surface area (TPSA) is 73.6 Å². The minimum Gasteiger partial charge on any atom is -0.469 e. The standard InChI is InChI=1S/C25H30N2O3/c1-18(15-24(28)30-4)23(20-11-7-5-8-12-20)16-22(17-26)27(3)19(2)25(29)21-13-9-6-10-14-21/h5-14,16,18-19,23,25,29H,15H2,1-4H3/b22-16+/t18-,19+,23+,25+/m1/s1. The van der Waals surface area contributed by atoms with Gasteiger partial charge in [-0.25, -0.2) is 0 Å². The molecule has 5 heteroatoms. The summed E-state index contributed by atoms with van der Waals surface area (Å²) in [5, 5.41) is 20.6. The number of allylic oxidation sites excluding steroid dienone is 2. The van der Waals surface area contributed by atoms with Gasteiger partial charge in [-0.1, -0.05) is 67.6 Å². The van der Waals surface area contributed by atoms with Crippen molar-refractivity contribution in [1.82, 2.24) is 4.90 Å². The SMILES string of the molecule is COC(=O)C[C@@H](C)[C@H](/C=C(\C#N)N(C)[C@@H](C)[C@H](O)c1ccccc1)c1ccccc1. The van der Waals surface area contributed by atoms with Crippen molar-refractivity contribution in [2.24, 2.45) is 5.92 Å². The third-order valence-corrected chi connectivity index (χ3v) is 5.55. The Morgan fingerprint density at radius 3 is 2.13 bits per heavy atom. The van der Waals surface area contributed by atoms with Gasteiger partial charge in [0.1, 0.15) is 11.8 Å². The molecule has 4 atom stereocenters. The summed E-state index contributed by atoms with van der Waals surface area (Å²) in [7, 11) is 3.18. The fourth-order valence-electron chi connectivity index (χ4n) is 3.50. The maximum absolute atomic E-state index is 11.9. The number of esters is 1. The maximum atomic E-state index is 11.9. The van der Waals surface area contributed by atoms with E-state index in [4.69, 9.17) is 4.74 Å². The Hall–Kier alpha value is -3.10. The van der Waals surface area contributed by atoms with Gasteiger partial charge in [-0.3, -0.25) is 4.79 Å². The molecule has 0 bridgehead atoms. The van der Waals surface area contributed by atoms with Gasteiger partial charge in [0.15, 0.2) is 0 Å². The molecule has 1 N–H and O–H groups in total. The second-order valence-electron chi connectivity index (χ2n) is 7.56. The van der Waals surface area contributed by atoms with Crippen LogP contribution in [0, 0.1) is 17.2 Å². The predicted octanol–water partition coefficient (Wildman–Crippen LogP) is 4.43. The largest absolute Gasteiger partial charge is 0.469 e. The summed E-state index contributed by atoms with van der Waals surface area (Å²) in [5.74, 6) is -0.494. The van der Waals surface area contributed by atoms with Crippen molar-refractivity contribution in [3.8, 4) is 6.07 Å². The van der Waals surface area contributed by atoms with Crippen LogP contribution in [0.1, 0.15) is 43.4 Å². The zero-order chi connectivity index (χ0) is 22.1. The molecular formula is C25H30N2O3. The van der Waals surface area contributed by atoms with Crippen LogP contribution in [0.5, 0.6) is 0 Å². The quantitative estimate of drug-likeness (QED) is 0.493. The molecule has 2 rings (SSSR count). The Bertz CT molecular complexity index is 874. The summed E-state index contributed by atoms with van der Waals surface area (Å²) >= 11 is 0. The van der Waals surface area contributed by atoms with Crippen LogP contribution < -0.4 is 0 Å². The van der Waals surface area contributed by atoms with Crippen LogP contribution in [0.2, 0.25) is 0 Å². The van der Waals surface area contributed by atoms with E-state index in [0.717, 1.165) is 11.1 Å². The molecule has 0 saturated carbocycles. The molecule has 0 unspecified atom stereocenters. The van der Waals surface area contributed by atoms with E-state index in [1.165, 1.54) is 7.11 Å². The van der Waals surface area contributed by atoms with Gasteiger partial charge in [0, 0.05) is 19.4 Å². The first-order chi connectivity index (χ1) is 14.4. The Kier molecular flexibility index (Phi) is 8.64. The number of likely N-dealkylation sites (N-methyl/N-ethyl adjacent to an activating group) is 1. The lowest BCUT2D eigenvalue weighted by Gasteiger charge is -2.31. The number of hydrogen-bond acceptors (Lipinski definition) is 5. The first-order valence-corrected chi connectivity index (χ1v) is 10.1. The molecule has 158 valence electrons. The maximum Gasteiger partial charge on any atom is 0.305 e. The van der Waals surface area contributed by atoms with Crippen LogP contribution in [0.25, 0.3) is 0 Å². The van der Waals surface area contributed by atoms with Gasteiger partial charge >= 0.3 is 5.97 Å². The number of benzene rings is 2. The normalized spacial score (nSPS) is 15.4. The van der Waals surface area contributed by atoms with E-state index >= 15 is 0 Å². The number of methoxy groups -OCH3 is 1. The van der Waals surface area contributed by atoms with E-state index in [0.29, 0.717) is 5.70 Å². The molecule has 30 heavy (non-hydrogen) atoms. The van der Waals surface area contributed by atoms with Crippen LogP contribution in [0.3, 0.4) is 0 Å². The molecule has 0 spiro atoms. The summed E-state index contributed by atoms with van der Waals surface area (Å²) < 4.78 is 4.84. The molecule has 5 nitrogen and oxygen atoms in total. The van der Waals surface area contributed by atoms with E-state index in [-0.39, 0.29) is 30.3 Å². The number of ether oxygens (including phenoxy) is 1. The van der Waals surface area contributed by atoms with Gasteiger partial charge in [-0.05, 0) is 30.0 Å². The van der Waals surface area contributed by atoms with Gasteiger partial charge in [-0.15, -0.1) is 0 Å². The van der Waals surface area contributed by atoms with Crippen molar-refractivity contribution in [3.05, 3.63) is 83.6 Å². The molecule has 0 saturated heterocycles. The minimum atomic E-state index is -0.740. The van der Waals surface area contributed by atoms with E-state index in [9.17, 15) is 15.2 Å². The Labute approximate surface area is 179 Å². The van der Waals surface area contributed by atoms with Crippen LogP contribution in [-0.4, -0.2) is 36.2 Å². The van der Waals surface area contributed by atoms with E-state index in [2.05, 4.69) is 6.07 Å². The molecule has 2 aromatic carbocycles. The predicted molar refractivity (Wildman–Crippen MR) is 117 cm³/mol. The zero-order valence-electron chi connectivity index (χ0n) is 18.0. The Balaban J connectivity index is 2.33. The molecule has 0 amide bonds. The number of carbonyl (C=O) groups is 1. The average Bonchev–Trinajstić information content (AvgIpc) is 2.79. The van der Waals surface area contributed by atoms with Crippen molar-refractivity contribution in [1.29, 1.82) is 5.26 Å². The summed E-state index contributed by atoms with van der Waals surface area (Å²) in [6.45, 7) is 3.86. The number of aliphatic hydroxyl groups is 1. The first-order valence-electron chi connectivity index (χ1n) is 10.1. The van der Waals surface area contributed by atoms with Crippen LogP contribution in [0.15, 0.2) is 72.4 Å². The summed E-state index contributed by atoms with van der Waals surface area (Å²) in [5.41, 5.74) is 2.27. The van der Waals surface area contributed by atoms with Crippen molar-refractivity contribution >= 4 is 5.97 Å². The van der Waals surface area contributed by atoms with Crippen LogP contribution in [0.4, 0.5) is 0 Å². The highest BCUT2D eigenvalue weighted by atomic mass is 16.5. The number of hydrogen-bond donors (Lipinski definition) is 1. The summed E-state index contributed by atoms with van der Waals surface area (Å²) in [4.78, 5) is 13.6. The van der Waals surface area contributed by atoms with E-state index in [1.54, 1.807) is 11.9 Å². The van der Waals surface area contributed by atoms with Crippen molar-refractivity contribution in [2.75, 3.05) is 14.2 Å². The third kappa shape index (κ3) is 5.95. The highest BCUT2D eigenvalue weighted by molar-refractivity contribution is 5.69. The fourth-order valence-corrected chi connectivity index (χ4v) is 3.50. The first kappa shape index (κ1) is 23.2. The molecule has 0 aliphatic heterocycles. The highest BCUT2D eigenvalue weighted by Gasteiger charge is 2.25. The fraction of sp³-hybridized carbons (Fsp3) is 0.360. The molecule has 0 radical (unpaired) electrons. The van der Waals surface area contributed by atoms with Crippen molar-refractivity contribution in [2.45, 2.75) is 38.3 Å². The molecular weight excluding hydrogens is 376 g/mol. The van der Waals surface area contributed by atoms with Crippen LogP contribution in [-0.2, 0) is 9.53 Å². The van der Waals surface area contributed by atoms with E-state index < -0.39 is 6.10 Å². The number of nitriles is 1. The molecule has 0 heterocycles. The third-order valence-electron chi connectivity index (χ3n) is 5.55. The Morgan fingerprint density at radius 1 is 1.10 bits per heavy atom. The van der Waals surface area contributed by atoms with Crippen molar-refractivity contribution < 1.29 is 14.6 Å². The lowest BCUT2D eigenvalue weighted by molar-refractivity contribution is -0.141.